The minimum atomic E-state index is -0.922. The van der Waals surface area contributed by atoms with Gasteiger partial charge in [0.15, 0.2) is 0 Å². The molecular weight excluding hydrogens is 246 g/mol. The average molecular weight is 258 g/mol. The van der Waals surface area contributed by atoms with Gasteiger partial charge in [0.2, 0.25) is 0 Å². The van der Waals surface area contributed by atoms with Gasteiger partial charge in [-0.15, -0.1) is 0 Å². The Labute approximate surface area is 91.3 Å². The number of para-hydroxylation sites is 1. The van der Waals surface area contributed by atoms with Crippen LogP contribution in [-0.2, 0) is 0 Å². The summed E-state index contributed by atoms with van der Waals surface area (Å²) in [5, 5.41) is 12.0. The molecule has 0 spiro atoms. The Morgan fingerprint density at radius 2 is 2.14 bits per heavy atom. The fourth-order valence-corrected chi connectivity index (χ4v) is 1.62. The summed E-state index contributed by atoms with van der Waals surface area (Å²) in [5.74, 6) is -0.922. The number of hydrogen-bond donors (Lipinski definition) is 2. The minimum absolute atomic E-state index is 0.201. The van der Waals surface area contributed by atoms with Crippen LogP contribution in [0.5, 0.6) is 0 Å². The van der Waals surface area contributed by atoms with Gasteiger partial charge >= 0.3 is 5.97 Å². The molecule has 0 atom stereocenters. The Balaban J connectivity index is 3.15. The van der Waals surface area contributed by atoms with E-state index in [9.17, 15) is 4.79 Å². The molecule has 0 saturated carbocycles. The Morgan fingerprint density at radius 3 is 2.64 bits per heavy atom. The van der Waals surface area contributed by atoms with Crippen LogP contribution in [0, 0.1) is 0 Å². The molecule has 1 rings (SSSR count). The van der Waals surface area contributed by atoms with Gasteiger partial charge in [0.1, 0.15) is 0 Å². The van der Waals surface area contributed by atoms with Gasteiger partial charge in [0, 0.05) is 10.5 Å². The number of halogens is 1. The highest BCUT2D eigenvalue weighted by Gasteiger charge is 2.12. The maximum atomic E-state index is 10.9. The van der Waals surface area contributed by atoms with Crippen molar-refractivity contribution >= 4 is 27.6 Å². The lowest BCUT2D eigenvalue weighted by Crippen LogP contribution is -2.13. The van der Waals surface area contributed by atoms with Crippen molar-refractivity contribution in [1.82, 2.24) is 0 Å². The molecule has 0 aliphatic carbocycles. The van der Waals surface area contributed by atoms with Crippen LogP contribution in [0.1, 0.15) is 24.2 Å². The molecule has 0 unspecified atom stereocenters. The topological polar surface area (TPSA) is 49.3 Å². The Bertz CT molecular complexity index is 350. The van der Waals surface area contributed by atoms with Gasteiger partial charge in [-0.25, -0.2) is 4.79 Å². The van der Waals surface area contributed by atoms with Gasteiger partial charge in [-0.1, -0.05) is 6.07 Å². The Morgan fingerprint density at radius 1 is 1.50 bits per heavy atom. The standard InChI is InChI=1S/C10H12BrNO2/c1-6(2)12-9-7(10(13)14)4-3-5-8(9)11/h3-6,12H,1-2H3,(H,13,14). The third kappa shape index (κ3) is 2.48. The first kappa shape index (κ1) is 11.0. The summed E-state index contributed by atoms with van der Waals surface area (Å²) in [7, 11) is 0. The Kier molecular flexibility index (Phi) is 3.52. The van der Waals surface area contributed by atoms with E-state index in [-0.39, 0.29) is 11.6 Å². The molecule has 1 aromatic rings. The summed E-state index contributed by atoms with van der Waals surface area (Å²) in [6.07, 6.45) is 0. The van der Waals surface area contributed by atoms with E-state index in [1.54, 1.807) is 12.1 Å². The number of nitrogens with one attached hydrogen (secondary N) is 1. The summed E-state index contributed by atoms with van der Waals surface area (Å²) < 4.78 is 0.770. The number of benzene rings is 1. The number of hydrogen-bond acceptors (Lipinski definition) is 2. The van der Waals surface area contributed by atoms with Crippen LogP contribution in [-0.4, -0.2) is 17.1 Å². The summed E-state index contributed by atoms with van der Waals surface area (Å²) >= 11 is 3.32. The second kappa shape index (κ2) is 4.46. The van der Waals surface area contributed by atoms with E-state index >= 15 is 0 Å². The van der Waals surface area contributed by atoms with Crippen molar-refractivity contribution in [3.63, 3.8) is 0 Å². The van der Waals surface area contributed by atoms with E-state index in [0.29, 0.717) is 5.69 Å². The molecule has 1 aromatic carbocycles. The SMILES string of the molecule is CC(C)Nc1c(Br)cccc1C(=O)O. The predicted molar refractivity (Wildman–Crippen MR) is 59.9 cm³/mol. The lowest BCUT2D eigenvalue weighted by Gasteiger charge is -2.14. The maximum Gasteiger partial charge on any atom is 0.337 e. The zero-order valence-electron chi connectivity index (χ0n) is 8.04. The highest BCUT2D eigenvalue weighted by molar-refractivity contribution is 9.10. The zero-order valence-corrected chi connectivity index (χ0v) is 9.63. The molecule has 0 saturated heterocycles. The molecule has 0 aromatic heterocycles. The van der Waals surface area contributed by atoms with Crippen LogP contribution >= 0.6 is 15.9 Å². The molecule has 0 aliphatic heterocycles. The van der Waals surface area contributed by atoms with Gasteiger partial charge in [0.25, 0.3) is 0 Å². The number of carbonyl (C=O) groups is 1. The number of carboxylic acid groups (broad SMARTS) is 1. The third-order valence-electron chi connectivity index (χ3n) is 1.68. The lowest BCUT2D eigenvalue weighted by atomic mass is 10.1. The highest BCUT2D eigenvalue weighted by atomic mass is 79.9. The minimum Gasteiger partial charge on any atom is -0.478 e. The fourth-order valence-electron chi connectivity index (χ4n) is 1.14. The van der Waals surface area contributed by atoms with Crippen molar-refractivity contribution in [2.45, 2.75) is 19.9 Å². The normalized spacial score (nSPS) is 10.3. The third-order valence-corrected chi connectivity index (χ3v) is 2.34. The first-order valence-corrected chi connectivity index (χ1v) is 5.10. The number of carboxylic acids is 1. The van der Waals surface area contributed by atoms with Gasteiger partial charge < -0.3 is 10.4 Å². The molecule has 0 aliphatic rings. The highest BCUT2D eigenvalue weighted by Crippen LogP contribution is 2.27. The number of anilines is 1. The summed E-state index contributed by atoms with van der Waals surface area (Å²) in [4.78, 5) is 10.9. The molecule has 3 nitrogen and oxygen atoms in total. The maximum absolute atomic E-state index is 10.9. The molecule has 0 bridgehead atoms. The van der Waals surface area contributed by atoms with Crippen LogP contribution in [0.2, 0.25) is 0 Å². The summed E-state index contributed by atoms with van der Waals surface area (Å²) in [6.45, 7) is 3.93. The van der Waals surface area contributed by atoms with Gasteiger partial charge in [-0.2, -0.15) is 0 Å². The largest absolute Gasteiger partial charge is 0.478 e. The van der Waals surface area contributed by atoms with Gasteiger partial charge in [-0.3, -0.25) is 0 Å². The number of rotatable bonds is 3. The predicted octanol–water partition coefficient (Wildman–Crippen LogP) is 2.97. The second-order valence-electron chi connectivity index (χ2n) is 3.27. The molecule has 2 N–H and O–H groups in total. The van der Waals surface area contributed by atoms with Crippen molar-refractivity contribution in [2.24, 2.45) is 0 Å². The molecular formula is C10H12BrNO2. The quantitative estimate of drug-likeness (QED) is 0.876. The van der Waals surface area contributed by atoms with E-state index < -0.39 is 5.97 Å². The van der Waals surface area contributed by atoms with Crippen LogP contribution in [0.3, 0.4) is 0 Å². The summed E-state index contributed by atoms with van der Waals surface area (Å²) in [6, 6.07) is 5.31. The van der Waals surface area contributed by atoms with Crippen LogP contribution in [0.4, 0.5) is 5.69 Å². The van der Waals surface area contributed by atoms with Crippen LogP contribution in [0.15, 0.2) is 22.7 Å². The summed E-state index contributed by atoms with van der Waals surface area (Å²) in [5.41, 5.74) is 0.920. The van der Waals surface area contributed by atoms with Gasteiger partial charge in [0.05, 0.1) is 11.3 Å². The van der Waals surface area contributed by atoms with Crippen molar-refractivity contribution in [1.29, 1.82) is 0 Å². The Hall–Kier alpha value is -1.03. The van der Waals surface area contributed by atoms with Gasteiger partial charge in [-0.05, 0) is 41.9 Å². The van der Waals surface area contributed by atoms with E-state index in [4.69, 9.17) is 5.11 Å². The average Bonchev–Trinajstić information content (AvgIpc) is 2.07. The van der Waals surface area contributed by atoms with Crippen molar-refractivity contribution in [2.75, 3.05) is 5.32 Å². The molecule has 14 heavy (non-hydrogen) atoms. The fraction of sp³-hybridized carbons (Fsp3) is 0.300. The zero-order chi connectivity index (χ0) is 10.7. The molecule has 76 valence electrons. The van der Waals surface area contributed by atoms with Crippen LogP contribution in [0.25, 0.3) is 0 Å². The van der Waals surface area contributed by atoms with E-state index in [0.717, 1.165) is 4.47 Å². The molecule has 0 fully saturated rings. The van der Waals surface area contributed by atoms with Crippen molar-refractivity contribution < 1.29 is 9.90 Å². The lowest BCUT2D eigenvalue weighted by molar-refractivity contribution is 0.0698. The monoisotopic (exact) mass is 257 g/mol. The van der Waals surface area contributed by atoms with Crippen LogP contribution < -0.4 is 5.32 Å². The smallest absolute Gasteiger partial charge is 0.337 e. The molecule has 4 heteroatoms. The second-order valence-corrected chi connectivity index (χ2v) is 4.12. The molecule has 0 amide bonds. The molecule has 0 radical (unpaired) electrons. The first-order chi connectivity index (χ1) is 6.52. The number of aromatic carboxylic acids is 1. The first-order valence-electron chi connectivity index (χ1n) is 4.30. The van der Waals surface area contributed by atoms with E-state index in [2.05, 4.69) is 21.2 Å². The van der Waals surface area contributed by atoms with Crippen molar-refractivity contribution in [3.8, 4) is 0 Å². The van der Waals surface area contributed by atoms with E-state index in [1.807, 2.05) is 19.9 Å². The van der Waals surface area contributed by atoms with Crippen molar-refractivity contribution in [3.05, 3.63) is 28.2 Å². The molecule has 0 heterocycles. The van der Waals surface area contributed by atoms with E-state index in [1.165, 1.54) is 0 Å².